The van der Waals surface area contributed by atoms with Gasteiger partial charge in [0.15, 0.2) is 0 Å². The van der Waals surface area contributed by atoms with Crippen molar-refractivity contribution in [2.24, 2.45) is 0 Å². The highest BCUT2D eigenvalue weighted by Crippen LogP contribution is 2.22. The smallest absolute Gasteiger partial charge is 0.122 e. The van der Waals surface area contributed by atoms with Crippen molar-refractivity contribution in [3.05, 3.63) is 29.3 Å². The number of hydrogen-bond acceptors (Lipinski definition) is 3. The average molecular weight is 254 g/mol. The van der Waals surface area contributed by atoms with Gasteiger partial charge in [-0.15, -0.1) is 0 Å². The molecule has 1 N–H and O–H groups in total. The summed E-state index contributed by atoms with van der Waals surface area (Å²) in [6, 6.07) is 6.09. The second-order valence-corrected chi connectivity index (χ2v) is 5.40. The molecule has 0 aromatic heterocycles. The molecule has 0 saturated heterocycles. The third-order valence-corrected chi connectivity index (χ3v) is 3.87. The van der Waals surface area contributed by atoms with E-state index in [2.05, 4.69) is 19.9 Å². The normalized spacial score (nSPS) is 12.5. The molecule has 1 rings (SSSR count). The van der Waals surface area contributed by atoms with E-state index in [-0.39, 0.29) is 6.10 Å². The number of thioether (sulfide) groups is 1. The van der Waals surface area contributed by atoms with Crippen molar-refractivity contribution in [3.8, 4) is 5.75 Å². The molecule has 0 fully saturated rings. The van der Waals surface area contributed by atoms with E-state index in [0.29, 0.717) is 6.42 Å². The van der Waals surface area contributed by atoms with Gasteiger partial charge < -0.3 is 9.84 Å². The molecule has 0 aliphatic rings. The van der Waals surface area contributed by atoms with Crippen LogP contribution in [0.5, 0.6) is 5.75 Å². The van der Waals surface area contributed by atoms with Crippen LogP contribution in [0.25, 0.3) is 0 Å². The molecule has 2 nitrogen and oxygen atoms in total. The lowest BCUT2D eigenvalue weighted by Crippen LogP contribution is -2.14. The van der Waals surface area contributed by atoms with Crippen LogP contribution in [-0.2, 0) is 6.42 Å². The highest BCUT2D eigenvalue weighted by Gasteiger charge is 2.10. The zero-order valence-electron chi connectivity index (χ0n) is 10.9. The standard InChI is InChI=1S/C14H22O2S/c1-4-7-17-10-13(15)9-12-8-11(2)5-6-14(12)16-3/h5-6,8,13,15H,4,7,9-10H2,1-3H3. The first-order chi connectivity index (χ1) is 8.17. The van der Waals surface area contributed by atoms with Gasteiger partial charge in [0.25, 0.3) is 0 Å². The Balaban J connectivity index is 2.57. The van der Waals surface area contributed by atoms with Gasteiger partial charge in [-0.3, -0.25) is 0 Å². The van der Waals surface area contributed by atoms with Crippen molar-refractivity contribution in [1.29, 1.82) is 0 Å². The monoisotopic (exact) mass is 254 g/mol. The van der Waals surface area contributed by atoms with Gasteiger partial charge in [0.2, 0.25) is 0 Å². The third-order valence-electron chi connectivity index (χ3n) is 2.55. The maximum atomic E-state index is 9.96. The van der Waals surface area contributed by atoms with E-state index in [4.69, 9.17) is 4.74 Å². The van der Waals surface area contributed by atoms with Crippen LogP contribution in [0.15, 0.2) is 18.2 Å². The van der Waals surface area contributed by atoms with Crippen molar-refractivity contribution in [3.63, 3.8) is 0 Å². The Bertz CT molecular complexity index is 339. The van der Waals surface area contributed by atoms with Crippen LogP contribution in [0, 0.1) is 6.92 Å². The lowest BCUT2D eigenvalue weighted by molar-refractivity contribution is 0.198. The molecule has 0 heterocycles. The highest BCUT2D eigenvalue weighted by molar-refractivity contribution is 7.99. The van der Waals surface area contributed by atoms with E-state index < -0.39 is 0 Å². The summed E-state index contributed by atoms with van der Waals surface area (Å²) in [5, 5.41) is 9.96. The topological polar surface area (TPSA) is 29.5 Å². The summed E-state index contributed by atoms with van der Waals surface area (Å²) < 4.78 is 5.31. The van der Waals surface area contributed by atoms with Crippen molar-refractivity contribution >= 4 is 11.8 Å². The summed E-state index contributed by atoms with van der Waals surface area (Å²) in [7, 11) is 1.67. The molecule has 17 heavy (non-hydrogen) atoms. The molecule has 0 aliphatic heterocycles. The molecule has 0 aliphatic carbocycles. The van der Waals surface area contributed by atoms with Gasteiger partial charge in [0.1, 0.15) is 5.75 Å². The Morgan fingerprint density at radius 3 is 2.82 bits per heavy atom. The van der Waals surface area contributed by atoms with Crippen LogP contribution in [-0.4, -0.2) is 29.8 Å². The summed E-state index contributed by atoms with van der Waals surface area (Å²) in [5.41, 5.74) is 2.30. The summed E-state index contributed by atoms with van der Waals surface area (Å²) in [4.78, 5) is 0. The largest absolute Gasteiger partial charge is 0.496 e. The number of methoxy groups -OCH3 is 1. The molecule has 0 saturated carbocycles. The van der Waals surface area contributed by atoms with Gasteiger partial charge in [-0.05, 0) is 30.7 Å². The van der Waals surface area contributed by atoms with E-state index >= 15 is 0 Å². The van der Waals surface area contributed by atoms with E-state index in [0.717, 1.165) is 29.2 Å². The van der Waals surface area contributed by atoms with Crippen LogP contribution < -0.4 is 4.74 Å². The molecule has 1 atom stereocenters. The molecular weight excluding hydrogens is 232 g/mol. The quantitative estimate of drug-likeness (QED) is 0.758. The van der Waals surface area contributed by atoms with Crippen molar-refractivity contribution in [2.45, 2.75) is 32.8 Å². The van der Waals surface area contributed by atoms with Crippen LogP contribution in [0.1, 0.15) is 24.5 Å². The van der Waals surface area contributed by atoms with Crippen LogP contribution >= 0.6 is 11.8 Å². The molecule has 96 valence electrons. The number of aliphatic hydroxyl groups excluding tert-OH is 1. The zero-order chi connectivity index (χ0) is 12.7. The first-order valence-electron chi connectivity index (χ1n) is 6.06. The molecule has 1 aromatic carbocycles. The number of aliphatic hydroxyl groups is 1. The summed E-state index contributed by atoms with van der Waals surface area (Å²) in [6.45, 7) is 4.21. The van der Waals surface area contributed by atoms with Gasteiger partial charge >= 0.3 is 0 Å². The van der Waals surface area contributed by atoms with Crippen molar-refractivity contribution in [2.75, 3.05) is 18.6 Å². The maximum absolute atomic E-state index is 9.96. The van der Waals surface area contributed by atoms with E-state index in [9.17, 15) is 5.11 Å². The second kappa shape index (κ2) is 7.62. The third kappa shape index (κ3) is 5.00. The Hall–Kier alpha value is -0.670. The minimum Gasteiger partial charge on any atom is -0.496 e. The summed E-state index contributed by atoms with van der Waals surface area (Å²) in [6.07, 6.45) is 1.54. The SMILES string of the molecule is CCCSCC(O)Cc1cc(C)ccc1OC. The Kier molecular flexibility index (Phi) is 6.45. The van der Waals surface area contributed by atoms with E-state index in [1.165, 1.54) is 5.56 Å². The fourth-order valence-electron chi connectivity index (χ4n) is 1.74. The summed E-state index contributed by atoms with van der Waals surface area (Å²) in [5.74, 6) is 2.78. The lowest BCUT2D eigenvalue weighted by atomic mass is 10.0. The van der Waals surface area contributed by atoms with Gasteiger partial charge in [-0.2, -0.15) is 11.8 Å². The molecule has 3 heteroatoms. The number of hydrogen-bond donors (Lipinski definition) is 1. The zero-order valence-corrected chi connectivity index (χ0v) is 11.7. The van der Waals surface area contributed by atoms with E-state index in [1.54, 1.807) is 7.11 Å². The number of ether oxygens (including phenoxy) is 1. The second-order valence-electron chi connectivity index (χ2n) is 4.25. The average Bonchev–Trinajstić information content (AvgIpc) is 2.29. The summed E-state index contributed by atoms with van der Waals surface area (Å²) >= 11 is 1.81. The number of rotatable bonds is 7. The predicted molar refractivity (Wildman–Crippen MR) is 75.1 cm³/mol. The predicted octanol–water partition coefficient (Wildman–Crippen LogP) is 3.05. The molecule has 0 bridgehead atoms. The fourth-order valence-corrected chi connectivity index (χ4v) is 2.59. The van der Waals surface area contributed by atoms with Crippen molar-refractivity contribution < 1.29 is 9.84 Å². The highest BCUT2D eigenvalue weighted by atomic mass is 32.2. The molecule has 0 radical (unpaired) electrons. The lowest BCUT2D eigenvalue weighted by Gasteiger charge is -2.13. The van der Waals surface area contributed by atoms with E-state index in [1.807, 2.05) is 23.9 Å². The Morgan fingerprint density at radius 2 is 2.18 bits per heavy atom. The number of benzene rings is 1. The Morgan fingerprint density at radius 1 is 1.41 bits per heavy atom. The molecule has 0 amide bonds. The minimum atomic E-state index is -0.290. The van der Waals surface area contributed by atoms with Crippen LogP contribution in [0.3, 0.4) is 0 Å². The van der Waals surface area contributed by atoms with Crippen LogP contribution in [0.2, 0.25) is 0 Å². The molecule has 1 unspecified atom stereocenters. The van der Waals surface area contributed by atoms with Gasteiger partial charge in [0.05, 0.1) is 13.2 Å². The first kappa shape index (κ1) is 14.4. The van der Waals surface area contributed by atoms with Crippen molar-refractivity contribution in [1.82, 2.24) is 0 Å². The number of aryl methyl sites for hydroxylation is 1. The van der Waals surface area contributed by atoms with Crippen LogP contribution in [0.4, 0.5) is 0 Å². The van der Waals surface area contributed by atoms with Gasteiger partial charge in [0, 0.05) is 12.2 Å². The molecule has 1 aromatic rings. The van der Waals surface area contributed by atoms with Gasteiger partial charge in [-0.25, -0.2) is 0 Å². The molecular formula is C14H22O2S. The first-order valence-corrected chi connectivity index (χ1v) is 7.22. The molecule has 0 spiro atoms. The maximum Gasteiger partial charge on any atom is 0.122 e. The minimum absolute atomic E-state index is 0.290. The van der Waals surface area contributed by atoms with Gasteiger partial charge in [-0.1, -0.05) is 24.6 Å². The fraction of sp³-hybridized carbons (Fsp3) is 0.571. The Labute approximate surface area is 108 Å².